The Morgan fingerprint density at radius 2 is 2.00 bits per heavy atom. The first-order valence-corrected chi connectivity index (χ1v) is 7.22. The summed E-state index contributed by atoms with van der Waals surface area (Å²) >= 11 is 0. The second kappa shape index (κ2) is 4.30. The molecule has 2 aliphatic carbocycles. The molecule has 0 saturated heterocycles. The van der Waals surface area contributed by atoms with E-state index in [0.717, 1.165) is 23.3 Å². The maximum absolute atomic E-state index is 11.7. The monoisotopic (exact) mass is 271 g/mol. The molecule has 2 fully saturated rings. The van der Waals surface area contributed by atoms with E-state index in [1.54, 1.807) is 12.3 Å². The minimum Gasteiger partial charge on any atom is -0.465 e. The van der Waals surface area contributed by atoms with Gasteiger partial charge in [0, 0.05) is 12.1 Å². The summed E-state index contributed by atoms with van der Waals surface area (Å²) in [5, 5.41) is 8.59. The fourth-order valence-corrected chi connectivity index (χ4v) is 3.75. The van der Waals surface area contributed by atoms with Crippen molar-refractivity contribution in [2.24, 2.45) is 11.8 Å². The van der Waals surface area contributed by atoms with Crippen molar-refractivity contribution in [3.8, 4) is 0 Å². The van der Waals surface area contributed by atoms with Crippen LogP contribution in [0.5, 0.6) is 0 Å². The Morgan fingerprint density at radius 3 is 2.70 bits per heavy atom. The molecular formula is C15H17N3O2. The summed E-state index contributed by atoms with van der Waals surface area (Å²) in [6.07, 6.45) is 7.09. The summed E-state index contributed by atoms with van der Waals surface area (Å²) in [5.41, 5.74) is 1.35. The quantitative estimate of drug-likeness (QED) is 0.787. The fraction of sp³-hybridized carbons (Fsp3) is 0.533. The predicted molar refractivity (Wildman–Crippen MR) is 72.5 cm³/mol. The van der Waals surface area contributed by atoms with Crippen LogP contribution >= 0.6 is 0 Å². The summed E-state index contributed by atoms with van der Waals surface area (Å²) < 4.78 is 6.75. The maximum atomic E-state index is 11.7. The van der Waals surface area contributed by atoms with Crippen LogP contribution in [0.3, 0.4) is 0 Å². The van der Waals surface area contributed by atoms with Crippen molar-refractivity contribution in [2.45, 2.75) is 31.6 Å². The highest BCUT2D eigenvalue weighted by molar-refractivity contribution is 5.89. The van der Waals surface area contributed by atoms with Crippen LogP contribution in [-0.4, -0.2) is 27.7 Å². The molecule has 5 nitrogen and oxygen atoms in total. The van der Waals surface area contributed by atoms with Gasteiger partial charge in [0.05, 0.1) is 12.7 Å². The average Bonchev–Trinajstić information content (AvgIpc) is 3.08. The van der Waals surface area contributed by atoms with Crippen molar-refractivity contribution >= 4 is 11.6 Å². The normalized spacial score (nSPS) is 28.1. The molecule has 5 heteroatoms. The van der Waals surface area contributed by atoms with E-state index in [9.17, 15) is 4.79 Å². The Morgan fingerprint density at radius 1 is 1.25 bits per heavy atom. The lowest BCUT2D eigenvalue weighted by Crippen LogP contribution is -2.04. The van der Waals surface area contributed by atoms with Crippen LogP contribution in [0.15, 0.2) is 18.3 Å². The molecule has 0 amide bonds. The standard InChI is InChI=1S/C15H17N3O2/c1-20-15(19)9-6-7-12-16-17-14(18(12)8-9)13-10-4-2-3-5-11(10)13/h6-8,10-11,13H,2-5H2,1H3. The van der Waals surface area contributed by atoms with Crippen LogP contribution in [0.1, 0.15) is 47.8 Å². The van der Waals surface area contributed by atoms with Crippen LogP contribution in [0.25, 0.3) is 5.65 Å². The van der Waals surface area contributed by atoms with Gasteiger partial charge in [-0.3, -0.25) is 4.40 Å². The zero-order chi connectivity index (χ0) is 13.7. The summed E-state index contributed by atoms with van der Waals surface area (Å²) in [6, 6.07) is 3.56. The molecule has 0 aromatic carbocycles. The minimum atomic E-state index is -0.320. The van der Waals surface area contributed by atoms with Crippen LogP contribution in [0, 0.1) is 11.8 Å². The molecule has 0 bridgehead atoms. The number of methoxy groups -OCH3 is 1. The molecule has 0 radical (unpaired) electrons. The lowest BCUT2D eigenvalue weighted by molar-refractivity contribution is 0.0600. The Kier molecular flexibility index (Phi) is 2.55. The molecule has 0 spiro atoms. The highest BCUT2D eigenvalue weighted by Gasteiger charge is 2.53. The predicted octanol–water partition coefficient (Wildman–Crippen LogP) is 2.42. The second-order valence-electron chi connectivity index (χ2n) is 5.83. The number of ether oxygens (including phenoxy) is 1. The molecule has 2 unspecified atom stereocenters. The number of pyridine rings is 1. The molecule has 2 atom stereocenters. The smallest absolute Gasteiger partial charge is 0.339 e. The van der Waals surface area contributed by atoms with Crippen molar-refractivity contribution < 1.29 is 9.53 Å². The number of aromatic nitrogens is 3. The third-order valence-corrected chi connectivity index (χ3v) is 4.80. The molecule has 2 aromatic heterocycles. The number of rotatable bonds is 2. The summed E-state index contributed by atoms with van der Waals surface area (Å²) in [7, 11) is 1.40. The maximum Gasteiger partial charge on any atom is 0.339 e. The SMILES string of the molecule is COC(=O)c1ccc2nnc(C3C4CCCCC43)n2c1. The Labute approximate surface area is 117 Å². The molecule has 2 aliphatic rings. The highest BCUT2D eigenvalue weighted by Crippen LogP contribution is 2.60. The minimum absolute atomic E-state index is 0.320. The number of esters is 1. The highest BCUT2D eigenvalue weighted by atomic mass is 16.5. The summed E-state index contributed by atoms with van der Waals surface area (Å²) in [5.74, 6) is 2.78. The Bertz CT molecular complexity index is 667. The summed E-state index contributed by atoms with van der Waals surface area (Å²) in [6.45, 7) is 0. The summed E-state index contributed by atoms with van der Waals surface area (Å²) in [4.78, 5) is 11.7. The molecule has 104 valence electrons. The molecule has 0 N–H and O–H groups in total. The molecule has 20 heavy (non-hydrogen) atoms. The van der Waals surface area contributed by atoms with Gasteiger partial charge < -0.3 is 4.74 Å². The van der Waals surface area contributed by atoms with Crippen molar-refractivity contribution in [3.05, 3.63) is 29.7 Å². The number of hydrogen-bond donors (Lipinski definition) is 0. The van der Waals surface area contributed by atoms with Crippen LogP contribution < -0.4 is 0 Å². The van der Waals surface area contributed by atoms with Crippen LogP contribution in [0.4, 0.5) is 0 Å². The van der Waals surface area contributed by atoms with Gasteiger partial charge in [-0.15, -0.1) is 10.2 Å². The van der Waals surface area contributed by atoms with Gasteiger partial charge >= 0.3 is 5.97 Å². The van der Waals surface area contributed by atoms with Gasteiger partial charge in [0.25, 0.3) is 0 Å². The van der Waals surface area contributed by atoms with E-state index in [2.05, 4.69) is 10.2 Å². The average molecular weight is 271 g/mol. The van der Waals surface area contributed by atoms with Gasteiger partial charge in [0.1, 0.15) is 5.82 Å². The van der Waals surface area contributed by atoms with Crippen molar-refractivity contribution in [1.29, 1.82) is 0 Å². The van der Waals surface area contributed by atoms with E-state index in [1.165, 1.54) is 32.8 Å². The van der Waals surface area contributed by atoms with E-state index >= 15 is 0 Å². The third kappa shape index (κ3) is 1.65. The topological polar surface area (TPSA) is 56.5 Å². The first-order valence-electron chi connectivity index (χ1n) is 7.22. The number of hydrogen-bond acceptors (Lipinski definition) is 4. The zero-order valence-electron chi connectivity index (χ0n) is 11.5. The van der Waals surface area contributed by atoms with Gasteiger partial charge in [0.15, 0.2) is 5.65 Å². The van der Waals surface area contributed by atoms with Gasteiger partial charge in [-0.25, -0.2) is 4.79 Å². The van der Waals surface area contributed by atoms with E-state index in [-0.39, 0.29) is 5.97 Å². The second-order valence-corrected chi connectivity index (χ2v) is 5.83. The number of carbonyl (C=O) groups is 1. The van der Waals surface area contributed by atoms with Crippen LogP contribution in [0.2, 0.25) is 0 Å². The molecule has 4 rings (SSSR count). The lowest BCUT2D eigenvalue weighted by atomic mass is 10.0. The first kappa shape index (κ1) is 11.9. The number of nitrogens with zero attached hydrogens (tertiary/aromatic N) is 3. The molecule has 2 saturated carbocycles. The number of carbonyl (C=O) groups excluding carboxylic acids is 1. The van der Waals surface area contributed by atoms with Crippen molar-refractivity contribution in [1.82, 2.24) is 14.6 Å². The Balaban J connectivity index is 1.75. The molecule has 2 aromatic rings. The van der Waals surface area contributed by atoms with E-state index in [1.807, 2.05) is 10.5 Å². The molecular weight excluding hydrogens is 254 g/mol. The van der Waals surface area contributed by atoms with Gasteiger partial charge in [-0.05, 0) is 36.8 Å². The van der Waals surface area contributed by atoms with Crippen LogP contribution in [-0.2, 0) is 4.74 Å². The van der Waals surface area contributed by atoms with E-state index in [0.29, 0.717) is 11.5 Å². The lowest BCUT2D eigenvalue weighted by Gasteiger charge is -2.04. The van der Waals surface area contributed by atoms with E-state index in [4.69, 9.17) is 4.74 Å². The first-order chi connectivity index (χ1) is 9.79. The van der Waals surface area contributed by atoms with Crippen molar-refractivity contribution in [2.75, 3.05) is 7.11 Å². The molecule has 2 heterocycles. The van der Waals surface area contributed by atoms with Gasteiger partial charge in [0.2, 0.25) is 0 Å². The largest absolute Gasteiger partial charge is 0.465 e. The van der Waals surface area contributed by atoms with Crippen molar-refractivity contribution in [3.63, 3.8) is 0 Å². The zero-order valence-corrected chi connectivity index (χ0v) is 11.5. The fourth-order valence-electron chi connectivity index (χ4n) is 3.75. The van der Waals surface area contributed by atoms with Gasteiger partial charge in [-0.2, -0.15) is 0 Å². The number of fused-ring (bicyclic) bond motifs is 2. The Hall–Kier alpha value is -1.91. The molecule has 0 aliphatic heterocycles. The van der Waals surface area contributed by atoms with Gasteiger partial charge in [-0.1, -0.05) is 12.8 Å². The third-order valence-electron chi connectivity index (χ3n) is 4.80. The van der Waals surface area contributed by atoms with E-state index < -0.39 is 0 Å².